The Morgan fingerprint density at radius 3 is 2.44 bits per heavy atom. The first-order valence-electron chi connectivity index (χ1n) is 10.5. The number of urea groups is 1. The van der Waals surface area contributed by atoms with Crippen molar-refractivity contribution in [3.8, 4) is 5.75 Å². The standard InChI is InChI=1S/C25H17BrClN3O6/c1-14-10-18(7-8-20(14)26)29-24(32)19(23(31)28-25(29)33)11-16-4-9-22(21(27)12-16)36-13-15-2-5-17(6-3-15)30(34)35/h2-12H,13H2,1H3,(H,28,31,33)/b19-11-. The van der Waals surface area contributed by atoms with E-state index in [9.17, 15) is 24.5 Å². The normalized spacial score (nSPS) is 14.7. The SMILES string of the molecule is Cc1cc(N2C(=O)NC(=O)/C(=C/c3ccc(OCc4ccc([N+](=O)[O-])cc4)c(Cl)c3)C2=O)ccc1Br. The van der Waals surface area contributed by atoms with Crippen molar-refractivity contribution in [3.05, 3.63) is 103 Å². The summed E-state index contributed by atoms with van der Waals surface area (Å²) in [7, 11) is 0. The highest BCUT2D eigenvalue weighted by Gasteiger charge is 2.37. The molecule has 9 nitrogen and oxygen atoms in total. The first-order chi connectivity index (χ1) is 17.1. The molecule has 1 heterocycles. The molecule has 1 saturated heterocycles. The summed E-state index contributed by atoms with van der Waals surface area (Å²) in [5, 5.41) is 13.2. The van der Waals surface area contributed by atoms with Crippen LogP contribution < -0.4 is 15.0 Å². The number of amides is 4. The lowest BCUT2D eigenvalue weighted by molar-refractivity contribution is -0.384. The van der Waals surface area contributed by atoms with Gasteiger partial charge in [0.25, 0.3) is 17.5 Å². The van der Waals surface area contributed by atoms with Gasteiger partial charge in [-0.25, -0.2) is 9.69 Å². The van der Waals surface area contributed by atoms with E-state index >= 15 is 0 Å². The van der Waals surface area contributed by atoms with E-state index in [0.717, 1.165) is 14.9 Å². The number of rotatable bonds is 6. The highest BCUT2D eigenvalue weighted by atomic mass is 79.9. The molecule has 0 spiro atoms. The van der Waals surface area contributed by atoms with Crippen molar-refractivity contribution >= 4 is 62.8 Å². The molecule has 0 bridgehead atoms. The smallest absolute Gasteiger partial charge is 0.335 e. The number of halogens is 2. The Kier molecular flexibility index (Phi) is 7.18. The third-order valence-corrected chi connectivity index (χ3v) is 6.49. The predicted molar refractivity (Wildman–Crippen MR) is 137 cm³/mol. The van der Waals surface area contributed by atoms with Crippen LogP contribution in [0.2, 0.25) is 5.02 Å². The van der Waals surface area contributed by atoms with Crippen molar-refractivity contribution in [2.45, 2.75) is 13.5 Å². The van der Waals surface area contributed by atoms with Gasteiger partial charge in [0.1, 0.15) is 17.9 Å². The molecule has 1 fully saturated rings. The van der Waals surface area contributed by atoms with E-state index in [0.29, 0.717) is 22.6 Å². The van der Waals surface area contributed by atoms with Crippen LogP contribution in [0, 0.1) is 17.0 Å². The minimum atomic E-state index is -0.836. The Bertz CT molecular complexity index is 1440. The Morgan fingerprint density at radius 1 is 1.08 bits per heavy atom. The van der Waals surface area contributed by atoms with Gasteiger partial charge in [-0.15, -0.1) is 0 Å². The zero-order valence-electron chi connectivity index (χ0n) is 18.7. The van der Waals surface area contributed by atoms with Gasteiger partial charge >= 0.3 is 6.03 Å². The molecule has 0 atom stereocenters. The van der Waals surface area contributed by atoms with Crippen molar-refractivity contribution in [1.29, 1.82) is 0 Å². The van der Waals surface area contributed by atoms with Crippen LogP contribution in [0.15, 0.2) is 70.7 Å². The molecule has 0 aromatic heterocycles. The average Bonchev–Trinajstić information content (AvgIpc) is 2.83. The molecule has 0 radical (unpaired) electrons. The molecule has 36 heavy (non-hydrogen) atoms. The zero-order chi connectivity index (χ0) is 26.0. The average molecular weight is 571 g/mol. The number of carbonyl (C=O) groups is 3. The monoisotopic (exact) mass is 569 g/mol. The molecule has 4 rings (SSSR count). The predicted octanol–water partition coefficient (Wildman–Crippen LogP) is 5.56. The molecule has 3 aromatic carbocycles. The Labute approximate surface area is 218 Å². The molecular formula is C25H17BrClN3O6. The van der Waals surface area contributed by atoms with Gasteiger partial charge in [-0.05, 0) is 72.2 Å². The maximum absolute atomic E-state index is 13.1. The van der Waals surface area contributed by atoms with Gasteiger partial charge < -0.3 is 4.74 Å². The lowest BCUT2D eigenvalue weighted by Crippen LogP contribution is -2.54. The summed E-state index contributed by atoms with van der Waals surface area (Å²) in [6, 6.07) is 14.7. The molecule has 1 N–H and O–H groups in total. The number of anilines is 1. The van der Waals surface area contributed by atoms with E-state index < -0.39 is 22.8 Å². The molecule has 182 valence electrons. The molecular weight excluding hydrogens is 554 g/mol. The van der Waals surface area contributed by atoms with Crippen LogP contribution >= 0.6 is 27.5 Å². The van der Waals surface area contributed by atoms with Crippen LogP contribution in [0.5, 0.6) is 5.75 Å². The second-order valence-electron chi connectivity index (χ2n) is 7.79. The van der Waals surface area contributed by atoms with Crippen molar-refractivity contribution in [3.63, 3.8) is 0 Å². The largest absolute Gasteiger partial charge is 0.487 e. The number of non-ortho nitro benzene ring substituents is 1. The molecule has 4 amide bonds. The summed E-state index contributed by atoms with van der Waals surface area (Å²) in [6.45, 7) is 1.94. The molecule has 0 aliphatic carbocycles. The Hall–Kier alpha value is -4.02. The molecule has 1 aliphatic rings. The first-order valence-corrected chi connectivity index (χ1v) is 11.6. The molecule has 11 heteroatoms. The summed E-state index contributed by atoms with van der Waals surface area (Å²) in [5.41, 5.74) is 2.04. The number of benzene rings is 3. The van der Waals surface area contributed by atoms with Gasteiger partial charge in [-0.2, -0.15) is 0 Å². The number of nitrogens with zero attached hydrogens (tertiary/aromatic N) is 2. The summed E-state index contributed by atoms with van der Waals surface area (Å²) in [6.07, 6.45) is 1.34. The minimum Gasteiger partial charge on any atom is -0.487 e. The Balaban J connectivity index is 1.53. The van der Waals surface area contributed by atoms with E-state index in [4.69, 9.17) is 16.3 Å². The topological polar surface area (TPSA) is 119 Å². The van der Waals surface area contributed by atoms with Crippen LogP contribution in [-0.4, -0.2) is 22.8 Å². The van der Waals surface area contributed by atoms with Gasteiger partial charge in [0, 0.05) is 16.6 Å². The van der Waals surface area contributed by atoms with E-state index in [1.165, 1.54) is 24.3 Å². The quantitative estimate of drug-likeness (QED) is 0.179. The number of nitrogens with one attached hydrogen (secondary N) is 1. The van der Waals surface area contributed by atoms with E-state index in [2.05, 4.69) is 21.2 Å². The van der Waals surface area contributed by atoms with E-state index in [1.54, 1.807) is 42.5 Å². The van der Waals surface area contributed by atoms with Crippen molar-refractivity contribution < 1.29 is 24.0 Å². The Morgan fingerprint density at radius 2 is 1.81 bits per heavy atom. The lowest BCUT2D eigenvalue weighted by atomic mass is 10.1. The summed E-state index contributed by atoms with van der Waals surface area (Å²) in [4.78, 5) is 49.1. The fourth-order valence-electron chi connectivity index (χ4n) is 3.43. The van der Waals surface area contributed by atoms with Crippen LogP contribution in [0.4, 0.5) is 16.2 Å². The summed E-state index contributed by atoms with van der Waals surface area (Å²) < 4.78 is 6.51. The lowest BCUT2D eigenvalue weighted by Gasteiger charge is -2.26. The van der Waals surface area contributed by atoms with Crippen LogP contribution in [0.25, 0.3) is 6.08 Å². The van der Waals surface area contributed by atoms with Gasteiger partial charge in [-0.1, -0.05) is 33.6 Å². The van der Waals surface area contributed by atoms with Gasteiger partial charge in [0.2, 0.25) is 0 Å². The van der Waals surface area contributed by atoms with Crippen molar-refractivity contribution in [1.82, 2.24) is 5.32 Å². The molecule has 0 saturated carbocycles. The zero-order valence-corrected chi connectivity index (χ0v) is 21.0. The number of imide groups is 2. The van der Waals surface area contributed by atoms with Crippen LogP contribution in [0.1, 0.15) is 16.7 Å². The third kappa shape index (κ3) is 5.29. The molecule has 3 aromatic rings. The maximum atomic E-state index is 13.1. The number of hydrogen-bond donors (Lipinski definition) is 1. The van der Waals surface area contributed by atoms with E-state index in [-0.39, 0.29) is 22.9 Å². The summed E-state index contributed by atoms with van der Waals surface area (Å²) >= 11 is 9.71. The number of nitro benzene ring substituents is 1. The number of aryl methyl sites for hydroxylation is 1. The maximum Gasteiger partial charge on any atom is 0.335 e. The number of carbonyl (C=O) groups excluding carboxylic acids is 3. The minimum absolute atomic E-state index is 0.0222. The third-order valence-electron chi connectivity index (χ3n) is 5.31. The number of nitro groups is 1. The van der Waals surface area contributed by atoms with Crippen LogP contribution in [0.3, 0.4) is 0 Å². The van der Waals surface area contributed by atoms with Gasteiger partial charge in [-0.3, -0.25) is 25.0 Å². The molecule has 0 unspecified atom stereocenters. The van der Waals surface area contributed by atoms with Crippen molar-refractivity contribution in [2.24, 2.45) is 0 Å². The molecule has 1 aliphatic heterocycles. The number of barbiturate groups is 1. The number of hydrogen-bond acceptors (Lipinski definition) is 6. The van der Waals surface area contributed by atoms with Crippen LogP contribution in [-0.2, 0) is 16.2 Å². The second-order valence-corrected chi connectivity index (χ2v) is 9.05. The highest BCUT2D eigenvalue weighted by molar-refractivity contribution is 9.10. The fourth-order valence-corrected chi connectivity index (χ4v) is 3.92. The van der Waals surface area contributed by atoms with Gasteiger partial charge in [0.15, 0.2) is 0 Å². The van der Waals surface area contributed by atoms with E-state index in [1.807, 2.05) is 6.92 Å². The fraction of sp³-hybridized carbons (Fsp3) is 0.0800. The first kappa shape index (κ1) is 25.1. The van der Waals surface area contributed by atoms with Gasteiger partial charge in [0.05, 0.1) is 15.6 Å². The van der Waals surface area contributed by atoms with Crippen molar-refractivity contribution in [2.75, 3.05) is 4.90 Å². The highest BCUT2D eigenvalue weighted by Crippen LogP contribution is 2.29. The summed E-state index contributed by atoms with van der Waals surface area (Å²) in [5.74, 6) is -1.23. The number of ether oxygens (including phenoxy) is 1. The second kappa shape index (κ2) is 10.3.